The van der Waals surface area contributed by atoms with Gasteiger partial charge in [-0.3, -0.25) is 0 Å². The summed E-state index contributed by atoms with van der Waals surface area (Å²) in [6.45, 7) is 1.88. The Balaban J connectivity index is 2.47. The third-order valence-electron chi connectivity index (χ3n) is 2.27. The first-order valence-electron chi connectivity index (χ1n) is 5.13. The normalized spacial score (nSPS) is 10.2. The second kappa shape index (κ2) is 5.01. The van der Waals surface area contributed by atoms with E-state index < -0.39 is 5.43 Å². The molecule has 2 rings (SSSR count). The number of benzene rings is 1. The van der Waals surface area contributed by atoms with E-state index in [2.05, 4.69) is 5.16 Å². The average Bonchev–Trinajstić information content (AvgIpc) is 2.72. The smallest absolute Gasteiger partial charge is 0.408 e. The molecule has 4 nitrogen and oxygen atoms in total. The Kier molecular flexibility index (Phi) is 3.44. The van der Waals surface area contributed by atoms with Crippen LogP contribution in [0.15, 0.2) is 34.9 Å². The van der Waals surface area contributed by atoms with Gasteiger partial charge in [-0.15, -0.1) is 0 Å². The maximum absolute atomic E-state index is 10.8. The van der Waals surface area contributed by atoms with E-state index in [9.17, 15) is 4.79 Å². The van der Waals surface area contributed by atoms with Crippen LogP contribution < -0.4 is 4.74 Å². The number of halogens is 1. The van der Waals surface area contributed by atoms with Crippen molar-refractivity contribution in [1.29, 1.82) is 0 Å². The molecule has 0 saturated heterocycles. The van der Waals surface area contributed by atoms with E-state index in [0.29, 0.717) is 23.6 Å². The molecule has 1 aromatic carbocycles. The van der Waals surface area contributed by atoms with E-state index in [4.69, 9.17) is 20.9 Å². The number of ether oxygens (including phenoxy) is 1. The van der Waals surface area contributed by atoms with Gasteiger partial charge in [-0.1, -0.05) is 42.4 Å². The highest BCUT2D eigenvalue weighted by molar-refractivity contribution is 6.61. The summed E-state index contributed by atoms with van der Waals surface area (Å²) in [4.78, 5) is 10.8. The maximum atomic E-state index is 10.8. The van der Waals surface area contributed by atoms with E-state index in [1.807, 2.05) is 37.3 Å². The molecule has 0 fully saturated rings. The van der Waals surface area contributed by atoms with Crippen molar-refractivity contribution in [1.82, 2.24) is 5.16 Å². The lowest BCUT2D eigenvalue weighted by molar-refractivity contribution is 0.224. The van der Waals surface area contributed by atoms with Gasteiger partial charge in [0.2, 0.25) is 5.75 Å². The molecule has 0 aliphatic rings. The summed E-state index contributed by atoms with van der Waals surface area (Å²) in [5, 5.41) is 3.90. The van der Waals surface area contributed by atoms with Gasteiger partial charge in [0.15, 0.2) is 11.5 Å². The molecule has 0 bridgehead atoms. The van der Waals surface area contributed by atoms with Crippen LogP contribution in [0.3, 0.4) is 0 Å². The Bertz CT molecular complexity index is 522. The first-order chi connectivity index (χ1) is 8.22. The van der Waals surface area contributed by atoms with Gasteiger partial charge in [0.05, 0.1) is 0 Å². The van der Waals surface area contributed by atoms with Gasteiger partial charge in [0.1, 0.15) is 0 Å². The second-order valence-corrected chi connectivity index (χ2v) is 3.65. The van der Waals surface area contributed by atoms with Crippen LogP contribution in [0.1, 0.15) is 12.7 Å². The zero-order valence-electron chi connectivity index (χ0n) is 9.14. The largest absolute Gasteiger partial charge is 0.409 e. The molecule has 1 heterocycles. The summed E-state index contributed by atoms with van der Waals surface area (Å²) < 4.78 is 10.0. The Labute approximate surface area is 103 Å². The van der Waals surface area contributed by atoms with Gasteiger partial charge >= 0.3 is 5.43 Å². The van der Waals surface area contributed by atoms with Crippen LogP contribution in [0.4, 0.5) is 4.79 Å². The Morgan fingerprint density at radius 2 is 2.12 bits per heavy atom. The molecule has 0 unspecified atom stereocenters. The summed E-state index contributed by atoms with van der Waals surface area (Å²) >= 11 is 5.23. The highest BCUT2D eigenvalue weighted by atomic mass is 35.5. The van der Waals surface area contributed by atoms with E-state index in [1.165, 1.54) is 0 Å². The van der Waals surface area contributed by atoms with Gasteiger partial charge in [0.25, 0.3) is 0 Å². The topological polar surface area (TPSA) is 52.3 Å². The van der Waals surface area contributed by atoms with Gasteiger partial charge in [0, 0.05) is 23.6 Å². The highest BCUT2D eigenvalue weighted by Gasteiger charge is 2.19. The molecule has 2 aromatic rings. The zero-order valence-corrected chi connectivity index (χ0v) is 9.90. The molecular formula is C12H10ClNO3. The molecule has 0 aliphatic heterocycles. The molecule has 0 atom stereocenters. The van der Waals surface area contributed by atoms with Gasteiger partial charge in [-0.2, -0.15) is 0 Å². The number of hydrogen-bond acceptors (Lipinski definition) is 4. The summed E-state index contributed by atoms with van der Waals surface area (Å²) in [7, 11) is 0. The monoisotopic (exact) mass is 251 g/mol. The maximum Gasteiger partial charge on any atom is 0.409 e. The predicted molar refractivity (Wildman–Crippen MR) is 63.2 cm³/mol. The predicted octanol–water partition coefficient (Wildman–Crippen LogP) is 3.64. The van der Waals surface area contributed by atoms with Crippen molar-refractivity contribution in [3.8, 4) is 17.0 Å². The van der Waals surface area contributed by atoms with Gasteiger partial charge < -0.3 is 9.26 Å². The summed E-state index contributed by atoms with van der Waals surface area (Å²) in [6.07, 6.45) is 0.569. The van der Waals surface area contributed by atoms with Crippen LogP contribution in [-0.4, -0.2) is 10.6 Å². The average molecular weight is 252 g/mol. The van der Waals surface area contributed by atoms with Crippen molar-refractivity contribution < 1.29 is 14.1 Å². The zero-order chi connectivity index (χ0) is 12.3. The molecule has 88 valence electrons. The molecule has 1 aromatic heterocycles. The van der Waals surface area contributed by atoms with E-state index in [0.717, 1.165) is 5.56 Å². The molecule has 0 N–H and O–H groups in total. The van der Waals surface area contributed by atoms with Crippen LogP contribution in [0.5, 0.6) is 5.75 Å². The summed E-state index contributed by atoms with van der Waals surface area (Å²) in [5.41, 5.74) is 0.389. The number of aryl methyl sites for hydroxylation is 1. The number of rotatable bonds is 3. The lowest BCUT2D eigenvalue weighted by Gasteiger charge is -2.01. The van der Waals surface area contributed by atoms with Crippen molar-refractivity contribution in [2.24, 2.45) is 0 Å². The number of carbonyl (C=O) groups excluding carboxylic acids is 1. The fourth-order valence-corrected chi connectivity index (χ4v) is 1.58. The lowest BCUT2D eigenvalue weighted by atomic mass is 10.1. The Morgan fingerprint density at radius 1 is 1.41 bits per heavy atom. The Hall–Kier alpha value is -1.81. The number of nitrogens with zero attached hydrogens (tertiary/aromatic N) is 1. The fourth-order valence-electron chi connectivity index (χ4n) is 1.51. The van der Waals surface area contributed by atoms with Crippen LogP contribution in [-0.2, 0) is 6.42 Å². The Morgan fingerprint density at radius 3 is 2.71 bits per heavy atom. The van der Waals surface area contributed by atoms with Gasteiger partial charge in [-0.25, -0.2) is 4.79 Å². The van der Waals surface area contributed by atoms with Crippen LogP contribution >= 0.6 is 11.6 Å². The van der Waals surface area contributed by atoms with E-state index in [-0.39, 0.29) is 0 Å². The van der Waals surface area contributed by atoms with Crippen molar-refractivity contribution in [3.05, 3.63) is 36.1 Å². The molecule has 0 spiro atoms. The summed E-state index contributed by atoms with van der Waals surface area (Å²) in [6, 6.07) is 9.31. The first-order valence-corrected chi connectivity index (χ1v) is 5.51. The van der Waals surface area contributed by atoms with Crippen molar-refractivity contribution in [2.75, 3.05) is 0 Å². The SMILES string of the molecule is CCc1onc(-c2ccccc2)c1OC(=O)Cl. The lowest BCUT2D eigenvalue weighted by Crippen LogP contribution is -1.98. The van der Waals surface area contributed by atoms with E-state index in [1.54, 1.807) is 0 Å². The third-order valence-corrected chi connectivity index (χ3v) is 2.34. The first kappa shape index (κ1) is 11.7. The quantitative estimate of drug-likeness (QED) is 0.782. The van der Waals surface area contributed by atoms with Gasteiger partial charge in [-0.05, 0) is 0 Å². The molecule has 5 heteroatoms. The minimum absolute atomic E-state index is 0.290. The number of aromatic nitrogens is 1. The second-order valence-electron chi connectivity index (χ2n) is 3.34. The molecule has 17 heavy (non-hydrogen) atoms. The molecular weight excluding hydrogens is 242 g/mol. The van der Waals surface area contributed by atoms with Crippen molar-refractivity contribution in [2.45, 2.75) is 13.3 Å². The molecule has 0 amide bonds. The molecule has 0 aliphatic carbocycles. The van der Waals surface area contributed by atoms with Crippen molar-refractivity contribution >= 4 is 17.0 Å². The third kappa shape index (κ3) is 2.47. The standard InChI is InChI=1S/C12H10ClNO3/c1-2-9-11(16-12(13)15)10(14-17-9)8-6-4-3-5-7-8/h3-7H,2H2,1H3. The van der Waals surface area contributed by atoms with Crippen molar-refractivity contribution in [3.63, 3.8) is 0 Å². The summed E-state index contributed by atoms with van der Waals surface area (Å²) in [5.74, 6) is 0.788. The minimum atomic E-state index is -0.903. The number of carbonyl (C=O) groups is 1. The fraction of sp³-hybridized carbons (Fsp3) is 0.167. The van der Waals surface area contributed by atoms with E-state index >= 15 is 0 Å². The minimum Gasteiger partial charge on any atom is -0.408 e. The highest BCUT2D eigenvalue weighted by Crippen LogP contribution is 2.33. The number of hydrogen-bond donors (Lipinski definition) is 0. The molecule has 0 saturated carbocycles. The molecule has 0 radical (unpaired) electrons. The van der Waals surface area contributed by atoms with Crippen LogP contribution in [0, 0.1) is 0 Å². The van der Waals surface area contributed by atoms with Crippen LogP contribution in [0.2, 0.25) is 0 Å². The van der Waals surface area contributed by atoms with Crippen LogP contribution in [0.25, 0.3) is 11.3 Å².